The van der Waals surface area contributed by atoms with Crippen LogP contribution in [0.4, 0.5) is 0 Å². The molecule has 1 aliphatic heterocycles. The second kappa shape index (κ2) is 14.9. The van der Waals surface area contributed by atoms with Gasteiger partial charge in [-0.1, -0.05) is 25.0 Å². The van der Waals surface area contributed by atoms with E-state index in [9.17, 15) is 19.5 Å². The van der Waals surface area contributed by atoms with E-state index < -0.39 is 41.6 Å². The van der Waals surface area contributed by atoms with Gasteiger partial charge in [0, 0.05) is 40.7 Å². The van der Waals surface area contributed by atoms with Gasteiger partial charge in [-0.3, -0.25) is 9.59 Å². The molecule has 5 atom stereocenters. The zero-order chi connectivity index (χ0) is 35.6. The Morgan fingerprint density at radius 3 is 2.64 bits per heavy atom. The van der Waals surface area contributed by atoms with Crippen LogP contribution in [0.1, 0.15) is 75.0 Å². The highest BCUT2D eigenvalue weighted by Crippen LogP contribution is 2.46. The highest BCUT2D eigenvalue weighted by atomic mass is 32.1. The number of nitrogens with zero attached hydrogens (tertiary/aromatic N) is 3. The number of amides is 2. The van der Waals surface area contributed by atoms with Crippen molar-refractivity contribution in [3.05, 3.63) is 60.1 Å². The van der Waals surface area contributed by atoms with Gasteiger partial charge in [-0.2, -0.15) is 0 Å². The summed E-state index contributed by atoms with van der Waals surface area (Å²) in [6, 6.07) is 4.65. The SMILES string of the molecule is C=CCCCCCC(O)C(=O)N1CC(Oc2cc(-c3nc(C4CC4)cs3)nc3c(C)c(OC)ccc23)CC1C(=O)NC1(C(=O)OC)CC1C=C. The van der Waals surface area contributed by atoms with Crippen LogP contribution in [0.25, 0.3) is 21.6 Å². The molecule has 3 fully saturated rings. The van der Waals surface area contributed by atoms with Gasteiger partial charge in [0.05, 0.1) is 32.0 Å². The fourth-order valence-corrected chi connectivity index (χ4v) is 7.80. The van der Waals surface area contributed by atoms with Gasteiger partial charge in [0.2, 0.25) is 5.91 Å². The summed E-state index contributed by atoms with van der Waals surface area (Å²) in [6.07, 6.45) is 7.95. The quantitative estimate of drug-likeness (QED) is 0.110. The van der Waals surface area contributed by atoms with Crippen LogP contribution < -0.4 is 14.8 Å². The molecule has 1 aromatic carbocycles. The first-order valence-corrected chi connectivity index (χ1v) is 18.2. The van der Waals surface area contributed by atoms with E-state index in [1.807, 2.05) is 31.2 Å². The van der Waals surface area contributed by atoms with Crippen LogP contribution in [0.2, 0.25) is 0 Å². The Bertz CT molecular complexity index is 1790. The standard InChI is InChI=1S/C38H46N4O7S/c1-6-8-9-10-11-12-30(43)36(45)42-20-25(17-29(42)34(44)41-38(37(46)48-5)19-24(38)7-2)49-32-18-27(35-40-28(21-50-35)23-13-14-23)39-33-22(3)31(47-4)16-15-26(32)33/h6-7,15-16,18,21,23-25,29-30,43H,1-2,8-14,17,19-20H2,3-5H3,(H,41,44). The number of likely N-dealkylation sites (tertiary alicyclic amines) is 1. The number of ether oxygens (including phenoxy) is 3. The molecule has 0 spiro atoms. The predicted molar refractivity (Wildman–Crippen MR) is 191 cm³/mol. The summed E-state index contributed by atoms with van der Waals surface area (Å²) in [5, 5.41) is 17.5. The molecular weight excluding hydrogens is 657 g/mol. The average molecular weight is 703 g/mol. The van der Waals surface area contributed by atoms with E-state index in [1.54, 1.807) is 24.5 Å². The number of aliphatic hydroxyl groups excluding tert-OH is 1. The van der Waals surface area contributed by atoms with Crippen molar-refractivity contribution in [3.8, 4) is 22.2 Å². The minimum absolute atomic E-state index is 0.0674. The van der Waals surface area contributed by atoms with Crippen molar-refractivity contribution in [1.82, 2.24) is 20.2 Å². The van der Waals surface area contributed by atoms with Gasteiger partial charge in [0.1, 0.15) is 46.0 Å². The van der Waals surface area contributed by atoms with E-state index in [1.165, 1.54) is 12.0 Å². The van der Waals surface area contributed by atoms with E-state index >= 15 is 0 Å². The fraction of sp³-hybridized carbons (Fsp3) is 0.500. The van der Waals surface area contributed by atoms with Crippen LogP contribution in [-0.2, 0) is 19.1 Å². The van der Waals surface area contributed by atoms with Gasteiger partial charge in [0.15, 0.2) is 0 Å². The van der Waals surface area contributed by atoms with Crippen molar-refractivity contribution in [2.75, 3.05) is 20.8 Å². The summed E-state index contributed by atoms with van der Waals surface area (Å²) >= 11 is 1.54. The number of esters is 1. The summed E-state index contributed by atoms with van der Waals surface area (Å²) in [4.78, 5) is 51.8. The second-order valence-electron chi connectivity index (χ2n) is 13.6. The van der Waals surface area contributed by atoms with Crippen molar-refractivity contribution in [1.29, 1.82) is 0 Å². The van der Waals surface area contributed by atoms with Crippen molar-refractivity contribution in [2.45, 2.75) is 94.4 Å². The Kier molecular flexibility index (Phi) is 10.6. The number of hydrogen-bond donors (Lipinski definition) is 2. The summed E-state index contributed by atoms with van der Waals surface area (Å²) in [5.41, 5.74) is 2.06. The number of aryl methyl sites for hydroxylation is 1. The van der Waals surface area contributed by atoms with Crippen molar-refractivity contribution < 1.29 is 33.7 Å². The lowest BCUT2D eigenvalue weighted by Crippen LogP contribution is -2.54. The molecule has 3 heterocycles. The van der Waals surface area contributed by atoms with Crippen LogP contribution >= 0.6 is 11.3 Å². The summed E-state index contributed by atoms with van der Waals surface area (Å²) in [6.45, 7) is 9.55. The number of allylic oxidation sites excluding steroid dienone is 1. The number of fused-ring (bicyclic) bond motifs is 1. The first kappa shape index (κ1) is 35.5. The van der Waals surface area contributed by atoms with Crippen LogP contribution in [0.15, 0.2) is 48.9 Å². The Balaban J connectivity index is 1.29. The van der Waals surface area contributed by atoms with Gasteiger partial charge in [0.25, 0.3) is 5.91 Å². The summed E-state index contributed by atoms with van der Waals surface area (Å²) < 4.78 is 17.3. The maximum atomic E-state index is 14.0. The molecule has 3 aliphatic rings. The molecule has 6 rings (SSSR count). The number of aromatic nitrogens is 2. The highest BCUT2D eigenvalue weighted by molar-refractivity contribution is 7.13. The minimum atomic E-state index is -1.28. The lowest BCUT2D eigenvalue weighted by atomic mass is 10.1. The predicted octanol–water partition coefficient (Wildman–Crippen LogP) is 5.63. The molecule has 11 nitrogen and oxygen atoms in total. The van der Waals surface area contributed by atoms with E-state index in [0.717, 1.165) is 53.8 Å². The molecule has 50 heavy (non-hydrogen) atoms. The Hall–Kier alpha value is -4.29. The third-order valence-corrected chi connectivity index (χ3v) is 11.0. The number of thiazole rings is 1. The third-order valence-electron chi connectivity index (χ3n) is 10.1. The smallest absolute Gasteiger partial charge is 0.332 e. The molecular formula is C38H46N4O7S. The number of pyridine rings is 1. The first-order chi connectivity index (χ1) is 24.1. The van der Waals surface area contributed by atoms with Crippen molar-refractivity contribution >= 4 is 40.0 Å². The second-order valence-corrected chi connectivity index (χ2v) is 14.4. The van der Waals surface area contributed by atoms with E-state index in [4.69, 9.17) is 24.2 Å². The van der Waals surface area contributed by atoms with Gasteiger partial charge in [-0.05, 0) is 57.6 Å². The number of aliphatic hydroxyl groups is 1. The monoisotopic (exact) mass is 702 g/mol. The molecule has 1 saturated heterocycles. The van der Waals surface area contributed by atoms with Crippen LogP contribution in [-0.4, -0.2) is 82.3 Å². The fourth-order valence-electron chi connectivity index (χ4n) is 6.94. The zero-order valence-corrected chi connectivity index (χ0v) is 29.8. The molecule has 2 aliphatic carbocycles. The first-order valence-electron chi connectivity index (χ1n) is 17.4. The number of carbonyl (C=O) groups is 3. The van der Waals surface area contributed by atoms with Crippen LogP contribution in [0, 0.1) is 12.8 Å². The summed E-state index contributed by atoms with van der Waals surface area (Å²) in [5.74, 6) is -0.163. The summed E-state index contributed by atoms with van der Waals surface area (Å²) in [7, 11) is 2.89. The normalized spacial score (nSPS) is 23.3. The molecule has 0 bridgehead atoms. The number of carbonyl (C=O) groups excluding carboxylic acids is 3. The molecule has 5 unspecified atom stereocenters. The number of rotatable bonds is 16. The van der Waals surface area contributed by atoms with Crippen LogP contribution in [0.3, 0.4) is 0 Å². The number of methoxy groups -OCH3 is 2. The molecule has 2 aromatic heterocycles. The van der Waals surface area contributed by atoms with Crippen molar-refractivity contribution in [3.63, 3.8) is 0 Å². The van der Waals surface area contributed by atoms with E-state index in [-0.39, 0.29) is 25.3 Å². The number of hydrogen-bond acceptors (Lipinski definition) is 10. The largest absolute Gasteiger partial charge is 0.496 e. The minimum Gasteiger partial charge on any atom is -0.496 e. The van der Waals surface area contributed by atoms with Gasteiger partial charge >= 0.3 is 5.97 Å². The highest BCUT2D eigenvalue weighted by Gasteiger charge is 2.62. The zero-order valence-electron chi connectivity index (χ0n) is 29.0. The molecule has 3 aromatic rings. The number of benzene rings is 1. The van der Waals surface area contributed by atoms with E-state index in [2.05, 4.69) is 23.9 Å². The maximum absolute atomic E-state index is 14.0. The molecule has 2 saturated carbocycles. The molecule has 266 valence electrons. The van der Waals surface area contributed by atoms with Gasteiger partial charge in [-0.15, -0.1) is 24.5 Å². The topological polar surface area (TPSA) is 140 Å². The van der Waals surface area contributed by atoms with Crippen molar-refractivity contribution in [2.24, 2.45) is 5.92 Å². The Morgan fingerprint density at radius 1 is 1.16 bits per heavy atom. The average Bonchev–Trinajstić information content (AvgIpc) is 4.00. The number of unbranched alkanes of at least 4 members (excludes halogenated alkanes) is 3. The number of nitrogens with one attached hydrogen (secondary N) is 1. The molecule has 12 heteroatoms. The Labute approximate surface area is 296 Å². The van der Waals surface area contributed by atoms with Crippen LogP contribution in [0.5, 0.6) is 11.5 Å². The maximum Gasteiger partial charge on any atom is 0.332 e. The third kappa shape index (κ3) is 7.14. The lowest BCUT2D eigenvalue weighted by Gasteiger charge is -2.27. The van der Waals surface area contributed by atoms with E-state index in [0.29, 0.717) is 41.5 Å². The van der Waals surface area contributed by atoms with Gasteiger partial charge < -0.3 is 29.5 Å². The molecule has 0 radical (unpaired) electrons. The molecule has 2 N–H and O–H groups in total. The Morgan fingerprint density at radius 2 is 1.96 bits per heavy atom. The molecule has 2 amide bonds. The van der Waals surface area contributed by atoms with Gasteiger partial charge in [-0.25, -0.2) is 14.8 Å². The lowest BCUT2D eigenvalue weighted by molar-refractivity contribution is -0.149.